The van der Waals surface area contributed by atoms with Crippen LogP contribution in [0.4, 0.5) is 11.4 Å². The number of para-hydroxylation sites is 2. The second kappa shape index (κ2) is 8.69. The van der Waals surface area contributed by atoms with Crippen molar-refractivity contribution in [2.45, 2.75) is 32.1 Å². The summed E-state index contributed by atoms with van der Waals surface area (Å²) >= 11 is 0. The number of piperidine rings is 1. The molecule has 0 radical (unpaired) electrons. The SMILES string of the molecule is O=C(CCc1nc(-c2ccccc2)no1)Nc1ccccc1N1CCCCC1. The van der Waals surface area contributed by atoms with E-state index < -0.39 is 0 Å². The summed E-state index contributed by atoms with van der Waals surface area (Å²) in [6.45, 7) is 2.08. The van der Waals surface area contributed by atoms with Gasteiger partial charge in [0.05, 0.1) is 11.4 Å². The minimum Gasteiger partial charge on any atom is -0.370 e. The van der Waals surface area contributed by atoms with Crippen molar-refractivity contribution in [2.24, 2.45) is 0 Å². The zero-order valence-corrected chi connectivity index (χ0v) is 15.8. The van der Waals surface area contributed by atoms with Gasteiger partial charge in [-0.05, 0) is 31.4 Å². The summed E-state index contributed by atoms with van der Waals surface area (Å²) in [4.78, 5) is 19.2. The molecule has 0 spiro atoms. The Balaban J connectivity index is 1.36. The average molecular weight is 376 g/mol. The van der Waals surface area contributed by atoms with Crippen molar-refractivity contribution < 1.29 is 9.32 Å². The van der Waals surface area contributed by atoms with Crippen molar-refractivity contribution in [1.29, 1.82) is 0 Å². The van der Waals surface area contributed by atoms with E-state index in [4.69, 9.17) is 4.52 Å². The monoisotopic (exact) mass is 376 g/mol. The number of carbonyl (C=O) groups is 1. The topological polar surface area (TPSA) is 71.3 Å². The van der Waals surface area contributed by atoms with Gasteiger partial charge in [0, 0.05) is 31.5 Å². The van der Waals surface area contributed by atoms with Crippen LogP contribution in [0.1, 0.15) is 31.6 Å². The molecular weight excluding hydrogens is 352 g/mol. The minimum absolute atomic E-state index is 0.0519. The molecule has 1 aromatic heterocycles. The number of nitrogens with zero attached hydrogens (tertiary/aromatic N) is 3. The molecule has 28 heavy (non-hydrogen) atoms. The molecule has 6 nitrogen and oxygen atoms in total. The van der Waals surface area contributed by atoms with Crippen LogP contribution in [-0.2, 0) is 11.2 Å². The minimum atomic E-state index is -0.0519. The van der Waals surface area contributed by atoms with E-state index in [9.17, 15) is 4.79 Å². The lowest BCUT2D eigenvalue weighted by Crippen LogP contribution is -2.30. The third-order valence-electron chi connectivity index (χ3n) is 4.94. The Bertz CT molecular complexity index is 917. The number of hydrogen-bond acceptors (Lipinski definition) is 5. The zero-order chi connectivity index (χ0) is 19.2. The Morgan fingerprint density at radius 3 is 2.57 bits per heavy atom. The largest absolute Gasteiger partial charge is 0.370 e. The fourth-order valence-electron chi connectivity index (χ4n) is 3.48. The maximum absolute atomic E-state index is 12.5. The van der Waals surface area contributed by atoms with E-state index >= 15 is 0 Å². The summed E-state index contributed by atoms with van der Waals surface area (Å²) in [6, 6.07) is 17.7. The lowest BCUT2D eigenvalue weighted by Gasteiger charge is -2.30. The summed E-state index contributed by atoms with van der Waals surface area (Å²) in [7, 11) is 0. The second-order valence-corrected chi connectivity index (χ2v) is 6.99. The van der Waals surface area contributed by atoms with Crippen LogP contribution in [0, 0.1) is 0 Å². The van der Waals surface area contributed by atoms with Gasteiger partial charge >= 0.3 is 0 Å². The first kappa shape index (κ1) is 18.2. The third kappa shape index (κ3) is 4.39. The van der Waals surface area contributed by atoms with Crippen LogP contribution in [0.15, 0.2) is 59.1 Å². The molecule has 1 amide bonds. The molecule has 3 aromatic rings. The van der Waals surface area contributed by atoms with Crippen LogP contribution in [0.5, 0.6) is 0 Å². The lowest BCUT2D eigenvalue weighted by atomic mass is 10.1. The molecule has 1 saturated heterocycles. The van der Waals surface area contributed by atoms with Gasteiger partial charge in [-0.25, -0.2) is 0 Å². The Labute approximate surface area is 164 Å². The van der Waals surface area contributed by atoms with E-state index in [1.807, 2.05) is 48.5 Å². The van der Waals surface area contributed by atoms with Gasteiger partial charge in [0.15, 0.2) is 0 Å². The Morgan fingerprint density at radius 1 is 1.00 bits per heavy atom. The number of anilines is 2. The van der Waals surface area contributed by atoms with Crippen molar-refractivity contribution >= 4 is 17.3 Å². The molecule has 0 atom stereocenters. The van der Waals surface area contributed by atoms with E-state index in [0.29, 0.717) is 24.6 Å². The van der Waals surface area contributed by atoms with E-state index in [1.165, 1.54) is 19.3 Å². The average Bonchev–Trinajstić information content (AvgIpc) is 3.23. The van der Waals surface area contributed by atoms with Gasteiger partial charge in [-0.3, -0.25) is 4.79 Å². The molecule has 1 N–H and O–H groups in total. The molecule has 1 aliphatic heterocycles. The molecule has 0 saturated carbocycles. The highest BCUT2D eigenvalue weighted by atomic mass is 16.5. The van der Waals surface area contributed by atoms with Crippen molar-refractivity contribution in [2.75, 3.05) is 23.3 Å². The van der Waals surface area contributed by atoms with E-state index in [-0.39, 0.29) is 5.91 Å². The highest BCUT2D eigenvalue weighted by molar-refractivity contribution is 5.94. The number of aromatic nitrogens is 2. The van der Waals surface area contributed by atoms with E-state index in [0.717, 1.165) is 30.0 Å². The summed E-state index contributed by atoms with van der Waals surface area (Å²) in [5, 5.41) is 7.05. The molecule has 1 fully saturated rings. The summed E-state index contributed by atoms with van der Waals surface area (Å²) in [6.07, 6.45) is 4.38. The summed E-state index contributed by atoms with van der Waals surface area (Å²) < 4.78 is 5.29. The number of hydrogen-bond donors (Lipinski definition) is 1. The summed E-state index contributed by atoms with van der Waals surface area (Å²) in [5.74, 6) is 0.966. The van der Waals surface area contributed by atoms with Crippen LogP contribution < -0.4 is 10.2 Å². The van der Waals surface area contributed by atoms with Crippen molar-refractivity contribution in [3.63, 3.8) is 0 Å². The smallest absolute Gasteiger partial charge is 0.227 e. The first-order chi connectivity index (χ1) is 13.8. The number of benzene rings is 2. The maximum Gasteiger partial charge on any atom is 0.227 e. The molecule has 2 aromatic carbocycles. The van der Waals surface area contributed by atoms with Gasteiger partial charge in [0.1, 0.15) is 0 Å². The molecule has 0 bridgehead atoms. The normalized spacial score (nSPS) is 14.1. The van der Waals surface area contributed by atoms with Crippen molar-refractivity contribution in [3.05, 3.63) is 60.5 Å². The molecule has 0 unspecified atom stereocenters. The molecular formula is C22H24N4O2. The van der Waals surface area contributed by atoms with Crippen LogP contribution in [0.2, 0.25) is 0 Å². The highest BCUT2D eigenvalue weighted by Gasteiger charge is 2.16. The van der Waals surface area contributed by atoms with E-state index in [2.05, 4.69) is 26.4 Å². The Morgan fingerprint density at radius 2 is 1.75 bits per heavy atom. The molecule has 6 heteroatoms. The molecule has 2 heterocycles. The number of nitrogens with one attached hydrogen (secondary N) is 1. The predicted molar refractivity (Wildman–Crippen MR) is 109 cm³/mol. The molecule has 1 aliphatic rings. The van der Waals surface area contributed by atoms with Crippen LogP contribution in [-0.4, -0.2) is 29.1 Å². The Kier molecular flexibility index (Phi) is 5.66. The number of aryl methyl sites for hydroxylation is 1. The second-order valence-electron chi connectivity index (χ2n) is 6.99. The van der Waals surface area contributed by atoms with Crippen molar-refractivity contribution in [1.82, 2.24) is 10.1 Å². The van der Waals surface area contributed by atoms with Gasteiger partial charge in [-0.15, -0.1) is 0 Å². The predicted octanol–water partition coefficient (Wildman–Crippen LogP) is 4.30. The fraction of sp³-hybridized carbons (Fsp3) is 0.318. The standard InChI is InChI=1S/C22H24N4O2/c27-20(13-14-21-24-22(25-28-21)17-9-3-1-4-10-17)23-18-11-5-6-12-19(18)26-15-7-2-8-16-26/h1,3-6,9-12H,2,7-8,13-16H2,(H,23,27). The fourth-order valence-corrected chi connectivity index (χ4v) is 3.48. The number of rotatable bonds is 6. The Hall–Kier alpha value is -3.15. The van der Waals surface area contributed by atoms with Gasteiger partial charge < -0.3 is 14.7 Å². The van der Waals surface area contributed by atoms with Crippen LogP contribution >= 0.6 is 0 Å². The lowest BCUT2D eigenvalue weighted by molar-refractivity contribution is -0.116. The first-order valence-corrected chi connectivity index (χ1v) is 9.81. The van der Waals surface area contributed by atoms with Crippen LogP contribution in [0.25, 0.3) is 11.4 Å². The van der Waals surface area contributed by atoms with Gasteiger partial charge in [-0.2, -0.15) is 4.98 Å². The number of carbonyl (C=O) groups excluding carboxylic acids is 1. The third-order valence-corrected chi connectivity index (χ3v) is 4.94. The van der Waals surface area contributed by atoms with Gasteiger partial charge in [0.2, 0.25) is 17.6 Å². The quantitative estimate of drug-likeness (QED) is 0.694. The van der Waals surface area contributed by atoms with Crippen LogP contribution in [0.3, 0.4) is 0 Å². The molecule has 0 aliphatic carbocycles. The molecule has 144 valence electrons. The maximum atomic E-state index is 12.5. The first-order valence-electron chi connectivity index (χ1n) is 9.81. The molecule has 4 rings (SSSR count). The van der Waals surface area contributed by atoms with Gasteiger partial charge in [-0.1, -0.05) is 47.6 Å². The van der Waals surface area contributed by atoms with Crippen molar-refractivity contribution in [3.8, 4) is 11.4 Å². The zero-order valence-electron chi connectivity index (χ0n) is 15.8. The van der Waals surface area contributed by atoms with E-state index in [1.54, 1.807) is 0 Å². The summed E-state index contributed by atoms with van der Waals surface area (Å²) in [5.41, 5.74) is 2.86. The highest BCUT2D eigenvalue weighted by Crippen LogP contribution is 2.28. The van der Waals surface area contributed by atoms with Gasteiger partial charge in [0.25, 0.3) is 0 Å². The number of amides is 1.